The summed E-state index contributed by atoms with van der Waals surface area (Å²) in [6.07, 6.45) is 1.63. The molecule has 0 atom stereocenters. The maximum atomic E-state index is 10.0. The Morgan fingerprint density at radius 3 is 2.64 bits per heavy atom. The number of aliphatic imine (C=N–C) groups is 1. The van der Waals surface area contributed by atoms with Gasteiger partial charge in [-0.25, -0.2) is 0 Å². The van der Waals surface area contributed by atoms with E-state index in [0.717, 1.165) is 11.3 Å². The normalized spacial score (nSPS) is 10.7. The van der Waals surface area contributed by atoms with Crippen molar-refractivity contribution in [3.8, 4) is 11.5 Å². The van der Waals surface area contributed by atoms with Gasteiger partial charge in [-0.05, 0) is 18.2 Å². The molecule has 0 saturated carbocycles. The van der Waals surface area contributed by atoms with Crippen LogP contribution in [0.1, 0.15) is 11.3 Å². The predicted molar refractivity (Wildman–Crippen MR) is 95.8 cm³/mol. The average molecular weight is 417 g/mol. The van der Waals surface area contributed by atoms with Crippen LogP contribution in [0.3, 0.4) is 0 Å². The van der Waals surface area contributed by atoms with Crippen LogP contribution in [-0.4, -0.2) is 25.2 Å². The number of benzene rings is 1. The van der Waals surface area contributed by atoms with E-state index >= 15 is 0 Å². The molecular weight excluding hydrogens is 397 g/mol. The Labute approximate surface area is 146 Å². The van der Waals surface area contributed by atoms with Gasteiger partial charge >= 0.3 is 0 Å². The number of aromatic hydroxyl groups is 1. The molecule has 0 spiro atoms. The number of nitrogens with one attached hydrogen (secondary N) is 2. The van der Waals surface area contributed by atoms with Gasteiger partial charge in [0.05, 0.1) is 19.9 Å². The van der Waals surface area contributed by atoms with Gasteiger partial charge in [-0.1, -0.05) is 12.1 Å². The van der Waals surface area contributed by atoms with Crippen LogP contribution in [0, 0.1) is 0 Å². The lowest BCUT2D eigenvalue weighted by Gasteiger charge is -2.13. The van der Waals surface area contributed by atoms with E-state index in [1.54, 1.807) is 19.4 Å². The molecule has 0 unspecified atom stereocenters. The Hall–Kier alpha value is -1.90. The SMILES string of the molecule is CN=C(NCc1ccco1)NCc1cccc(OC)c1O.I. The number of hydrogen-bond acceptors (Lipinski definition) is 4. The van der Waals surface area contributed by atoms with Crippen molar-refractivity contribution in [2.24, 2.45) is 4.99 Å². The van der Waals surface area contributed by atoms with Gasteiger partial charge in [-0.2, -0.15) is 0 Å². The lowest BCUT2D eigenvalue weighted by atomic mass is 10.2. The van der Waals surface area contributed by atoms with E-state index in [1.165, 1.54) is 7.11 Å². The third-order valence-electron chi connectivity index (χ3n) is 2.98. The molecule has 0 bridgehead atoms. The lowest BCUT2D eigenvalue weighted by Crippen LogP contribution is -2.36. The third-order valence-corrected chi connectivity index (χ3v) is 2.98. The van der Waals surface area contributed by atoms with E-state index in [-0.39, 0.29) is 29.7 Å². The van der Waals surface area contributed by atoms with E-state index in [1.807, 2.05) is 24.3 Å². The van der Waals surface area contributed by atoms with Crippen molar-refractivity contribution in [3.63, 3.8) is 0 Å². The van der Waals surface area contributed by atoms with Gasteiger partial charge in [0.15, 0.2) is 17.5 Å². The summed E-state index contributed by atoms with van der Waals surface area (Å²) in [6.45, 7) is 0.970. The molecule has 7 heteroatoms. The Bertz CT molecular complexity index is 600. The number of furan rings is 1. The first kappa shape index (κ1) is 18.1. The second kappa shape index (κ2) is 9.19. The Balaban J connectivity index is 0.00000242. The van der Waals surface area contributed by atoms with E-state index in [9.17, 15) is 5.11 Å². The maximum Gasteiger partial charge on any atom is 0.191 e. The van der Waals surface area contributed by atoms with Crippen LogP contribution >= 0.6 is 24.0 Å². The Kier molecular flexibility index (Phi) is 7.58. The lowest BCUT2D eigenvalue weighted by molar-refractivity contribution is 0.370. The number of hydrogen-bond donors (Lipinski definition) is 3. The molecule has 1 heterocycles. The molecule has 2 aromatic rings. The number of halogens is 1. The quantitative estimate of drug-likeness (QED) is 0.396. The van der Waals surface area contributed by atoms with Gasteiger partial charge in [0, 0.05) is 19.2 Å². The molecule has 0 aliphatic carbocycles. The van der Waals surface area contributed by atoms with Crippen LogP contribution in [0.2, 0.25) is 0 Å². The van der Waals surface area contributed by atoms with Crippen molar-refractivity contribution in [1.29, 1.82) is 0 Å². The zero-order valence-electron chi connectivity index (χ0n) is 12.5. The molecule has 1 aromatic heterocycles. The summed E-state index contributed by atoms with van der Waals surface area (Å²) in [5.74, 6) is 2.03. The average Bonchev–Trinajstić information content (AvgIpc) is 3.02. The summed E-state index contributed by atoms with van der Waals surface area (Å²) < 4.78 is 10.3. The highest BCUT2D eigenvalue weighted by Gasteiger charge is 2.08. The number of guanidine groups is 1. The van der Waals surface area contributed by atoms with Gasteiger partial charge in [0.2, 0.25) is 0 Å². The number of para-hydroxylation sites is 1. The van der Waals surface area contributed by atoms with E-state index < -0.39 is 0 Å². The number of ether oxygens (including phenoxy) is 1. The van der Waals surface area contributed by atoms with Crippen LogP contribution in [0.25, 0.3) is 0 Å². The van der Waals surface area contributed by atoms with Crippen molar-refractivity contribution in [2.75, 3.05) is 14.2 Å². The third kappa shape index (κ3) is 4.83. The molecule has 0 saturated heterocycles. The number of nitrogens with zero attached hydrogens (tertiary/aromatic N) is 1. The second-order valence-electron chi connectivity index (χ2n) is 4.33. The Morgan fingerprint density at radius 1 is 1.23 bits per heavy atom. The number of rotatable bonds is 5. The highest BCUT2D eigenvalue weighted by atomic mass is 127. The fraction of sp³-hybridized carbons (Fsp3) is 0.267. The summed E-state index contributed by atoms with van der Waals surface area (Å²) in [6, 6.07) is 9.08. The number of phenolic OH excluding ortho intramolecular Hbond substituents is 1. The molecular formula is C15H20IN3O3. The van der Waals surface area contributed by atoms with Crippen molar-refractivity contribution >= 4 is 29.9 Å². The molecule has 2 rings (SSSR count). The summed E-state index contributed by atoms with van der Waals surface area (Å²) in [5.41, 5.74) is 0.732. The number of methoxy groups -OCH3 is 1. The minimum Gasteiger partial charge on any atom is -0.504 e. The van der Waals surface area contributed by atoms with Crippen LogP contribution in [0.5, 0.6) is 11.5 Å². The van der Waals surface area contributed by atoms with Crippen molar-refractivity contribution < 1.29 is 14.3 Å². The van der Waals surface area contributed by atoms with E-state index in [0.29, 0.717) is 24.8 Å². The summed E-state index contributed by atoms with van der Waals surface area (Å²) in [7, 11) is 3.21. The first-order valence-electron chi connectivity index (χ1n) is 6.56. The van der Waals surface area contributed by atoms with Crippen LogP contribution in [0.15, 0.2) is 46.0 Å². The first-order valence-corrected chi connectivity index (χ1v) is 6.56. The minimum atomic E-state index is 0. The zero-order valence-corrected chi connectivity index (χ0v) is 14.8. The smallest absolute Gasteiger partial charge is 0.191 e. The fourth-order valence-electron chi connectivity index (χ4n) is 1.86. The van der Waals surface area contributed by atoms with Crippen LogP contribution < -0.4 is 15.4 Å². The molecule has 1 aromatic carbocycles. The number of phenols is 1. The van der Waals surface area contributed by atoms with E-state index in [2.05, 4.69) is 15.6 Å². The molecule has 22 heavy (non-hydrogen) atoms. The minimum absolute atomic E-state index is 0. The van der Waals surface area contributed by atoms with Gasteiger partial charge < -0.3 is 24.9 Å². The molecule has 120 valence electrons. The molecule has 0 aliphatic rings. The molecule has 0 aliphatic heterocycles. The summed E-state index contributed by atoms with van der Waals surface area (Å²) >= 11 is 0. The largest absolute Gasteiger partial charge is 0.504 e. The molecule has 0 amide bonds. The van der Waals surface area contributed by atoms with Crippen molar-refractivity contribution in [2.45, 2.75) is 13.1 Å². The molecule has 6 nitrogen and oxygen atoms in total. The van der Waals surface area contributed by atoms with Crippen LogP contribution in [0.4, 0.5) is 0 Å². The molecule has 0 fully saturated rings. The van der Waals surface area contributed by atoms with Gasteiger partial charge in [-0.3, -0.25) is 4.99 Å². The fourth-order valence-corrected chi connectivity index (χ4v) is 1.86. The standard InChI is InChI=1S/C15H19N3O3.HI/c1-16-15(18-10-12-6-4-8-21-12)17-9-11-5-3-7-13(20-2)14(11)19;/h3-8,19H,9-10H2,1-2H3,(H2,16,17,18);1H. The monoisotopic (exact) mass is 417 g/mol. The summed E-state index contributed by atoms with van der Waals surface area (Å²) in [5, 5.41) is 16.3. The van der Waals surface area contributed by atoms with Crippen LogP contribution in [-0.2, 0) is 13.1 Å². The zero-order chi connectivity index (χ0) is 15.1. The van der Waals surface area contributed by atoms with Crippen molar-refractivity contribution in [3.05, 3.63) is 47.9 Å². The maximum absolute atomic E-state index is 10.0. The van der Waals surface area contributed by atoms with Gasteiger partial charge in [0.1, 0.15) is 5.76 Å². The Morgan fingerprint density at radius 2 is 2.00 bits per heavy atom. The molecule has 3 N–H and O–H groups in total. The highest BCUT2D eigenvalue weighted by molar-refractivity contribution is 14.0. The van der Waals surface area contributed by atoms with Gasteiger partial charge in [-0.15, -0.1) is 24.0 Å². The van der Waals surface area contributed by atoms with Gasteiger partial charge in [0.25, 0.3) is 0 Å². The predicted octanol–water partition coefficient (Wildman–Crippen LogP) is 2.48. The second-order valence-corrected chi connectivity index (χ2v) is 4.33. The highest BCUT2D eigenvalue weighted by Crippen LogP contribution is 2.28. The first-order chi connectivity index (χ1) is 10.2. The molecule has 0 radical (unpaired) electrons. The summed E-state index contributed by atoms with van der Waals surface area (Å²) in [4.78, 5) is 4.11. The van der Waals surface area contributed by atoms with E-state index in [4.69, 9.17) is 9.15 Å². The van der Waals surface area contributed by atoms with Crippen molar-refractivity contribution in [1.82, 2.24) is 10.6 Å². The topological polar surface area (TPSA) is 79.0 Å².